The minimum atomic E-state index is 0.549. The molecule has 0 aromatic heterocycles. The summed E-state index contributed by atoms with van der Waals surface area (Å²) in [6.07, 6.45) is 8.62. The number of ether oxygens (including phenoxy) is 1. The molecule has 3 nitrogen and oxygen atoms in total. The van der Waals surface area contributed by atoms with E-state index in [4.69, 9.17) is 11.2 Å². The number of benzene rings is 1. The molecule has 0 atom stereocenters. The molecule has 0 aliphatic carbocycles. The van der Waals surface area contributed by atoms with Crippen LogP contribution < -0.4 is 5.32 Å². The van der Waals surface area contributed by atoms with Crippen molar-refractivity contribution in [2.45, 2.75) is 25.3 Å². The minimum Gasteiger partial charge on any atom is -0.384 e. The van der Waals surface area contributed by atoms with Gasteiger partial charge in [-0.1, -0.05) is 24.1 Å². The van der Waals surface area contributed by atoms with E-state index in [1.54, 1.807) is 7.11 Å². The summed E-state index contributed by atoms with van der Waals surface area (Å²) in [4.78, 5) is 2.34. The van der Waals surface area contributed by atoms with E-state index in [1.807, 2.05) is 0 Å². The van der Waals surface area contributed by atoms with Crippen LogP contribution in [0.25, 0.3) is 0 Å². The number of likely N-dealkylation sites (tertiary alicyclic amines) is 1. The SMILES string of the molecule is C#CCN1CCC(Nc2ccccc2CCOC)CC1. The maximum atomic E-state index is 5.36. The van der Waals surface area contributed by atoms with Crippen LogP contribution >= 0.6 is 0 Å². The molecule has 1 aromatic carbocycles. The Morgan fingerprint density at radius 3 is 2.80 bits per heavy atom. The fraction of sp³-hybridized carbons (Fsp3) is 0.529. The highest BCUT2D eigenvalue weighted by molar-refractivity contribution is 5.52. The lowest BCUT2D eigenvalue weighted by atomic mass is 10.0. The number of para-hydroxylation sites is 1. The molecule has 0 unspecified atom stereocenters. The normalized spacial score (nSPS) is 16.8. The van der Waals surface area contributed by atoms with Crippen molar-refractivity contribution in [1.29, 1.82) is 0 Å². The van der Waals surface area contributed by atoms with E-state index in [9.17, 15) is 0 Å². The molecule has 1 saturated heterocycles. The van der Waals surface area contributed by atoms with Crippen LogP contribution in [-0.2, 0) is 11.2 Å². The average molecular weight is 272 g/mol. The Hall–Kier alpha value is -1.50. The number of rotatable bonds is 6. The summed E-state index contributed by atoms with van der Waals surface area (Å²) in [6, 6.07) is 9.07. The molecule has 1 heterocycles. The molecule has 0 amide bonds. The van der Waals surface area contributed by atoms with E-state index in [0.717, 1.165) is 45.5 Å². The van der Waals surface area contributed by atoms with Gasteiger partial charge >= 0.3 is 0 Å². The molecule has 1 fully saturated rings. The predicted molar refractivity (Wildman–Crippen MR) is 83.9 cm³/mol. The molecule has 0 spiro atoms. The van der Waals surface area contributed by atoms with Crippen LogP contribution in [0.3, 0.4) is 0 Å². The highest BCUT2D eigenvalue weighted by atomic mass is 16.5. The third-order valence-electron chi connectivity index (χ3n) is 3.85. The van der Waals surface area contributed by atoms with Crippen LogP contribution in [0.15, 0.2) is 24.3 Å². The third kappa shape index (κ3) is 4.26. The Morgan fingerprint density at radius 1 is 1.35 bits per heavy atom. The molecule has 2 rings (SSSR count). The molecule has 1 aromatic rings. The largest absolute Gasteiger partial charge is 0.384 e. The zero-order valence-corrected chi connectivity index (χ0v) is 12.3. The summed E-state index contributed by atoms with van der Waals surface area (Å²) < 4.78 is 5.18. The van der Waals surface area contributed by atoms with Crippen LogP contribution in [0.4, 0.5) is 5.69 Å². The molecular weight excluding hydrogens is 248 g/mol. The molecule has 20 heavy (non-hydrogen) atoms. The van der Waals surface area contributed by atoms with E-state index in [-0.39, 0.29) is 0 Å². The van der Waals surface area contributed by atoms with Gasteiger partial charge in [-0.05, 0) is 30.9 Å². The Balaban J connectivity index is 1.89. The van der Waals surface area contributed by atoms with Gasteiger partial charge in [-0.25, -0.2) is 0 Å². The van der Waals surface area contributed by atoms with Gasteiger partial charge in [0, 0.05) is 31.9 Å². The topological polar surface area (TPSA) is 24.5 Å². The average Bonchev–Trinajstić information content (AvgIpc) is 2.49. The van der Waals surface area contributed by atoms with Gasteiger partial charge in [-0.15, -0.1) is 6.42 Å². The second-order valence-corrected chi connectivity index (χ2v) is 5.30. The van der Waals surface area contributed by atoms with Gasteiger partial charge in [0.2, 0.25) is 0 Å². The van der Waals surface area contributed by atoms with Crippen molar-refractivity contribution < 1.29 is 4.74 Å². The van der Waals surface area contributed by atoms with Crippen LogP contribution in [0.5, 0.6) is 0 Å². The van der Waals surface area contributed by atoms with Gasteiger partial charge in [-0.2, -0.15) is 0 Å². The standard InChI is InChI=1S/C17H24N2O/c1-3-11-19-12-8-16(9-13-19)18-17-7-5-4-6-15(17)10-14-20-2/h1,4-7,16,18H,8-14H2,2H3. The van der Waals surface area contributed by atoms with Crippen molar-refractivity contribution in [3.8, 4) is 12.3 Å². The number of methoxy groups -OCH3 is 1. The summed E-state index contributed by atoms with van der Waals surface area (Å²) in [5.41, 5.74) is 2.58. The Morgan fingerprint density at radius 2 is 2.10 bits per heavy atom. The van der Waals surface area contributed by atoms with Crippen LogP contribution in [0.1, 0.15) is 18.4 Å². The van der Waals surface area contributed by atoms with Crippen molar-refractivity contribution in [3.63, 3.8) is 0 Å². The van der Waals surface area contributed by atoms with E-state index in [0.29, 0.717) is 6.04 Å². The Labute approximate surface area is 122 Å². The summed E-state index contributed by atoms with van der Waals surface area (Å²) in [7, 11) is 1.75. The highest BCUT2D eigenvalue weighted by Crippen LogP contribution is 2.20. The fourth-order valence-corrected chi connectivity index (χ4v) is 2.68. The maximum Gasteiger partial charge on any atom is 0.0598 e. The van der Waals surface area contributed by atoms with Crippen LogP contribution in [0.2, 0.25) is 0 Å². The van der Waals surface area contributed by atoms with E-state index >= 15 is 0 Å². The zero-order valence-electron chi connectivity index (χ0n) is 12.3. The van der Waals surface area contributed by atoms with Crippen molar-refractivity contribution >= 4 is 5.69 Å². The summed E-state index contributed by atoms with van der Waals surface area (Å²) in [5.74, 6) is 2.73. The second kappa shape index (κ2) is 7.94. The first kappa shape index (κ1) is 14.9. The fourth-order valence-electron chi connectivity index (χ4n) is 2.68. The number of hydrogen-bond acceptors (Lipinski definition) is 3. The number of piperidine rings is 1. The highest BCUT2D eigenvalue weighted by Gasteiger charge is 2.18. The number of nitrogens with zero attached hydrogens (tertiary/aromatic N) is 1. The van der Waals surface area contributed by atoms with Gasteiger partial charge in [0.15, 0.2) is 0 Å². The molecular formula is C17H24N2O. The lowest BCUT2D eigenvalue weighted by Gasteiger charge is -2.32. The first-order chi connectivity index (χ1) is 9.83. The smallest absolute Gasteiger partial charge is 0.0598 e. The van der Waals surface area contributed by atoms with E-state index in [1.165, 1.54) is 11.3 Å². The van der Waals surface area contributed by atoms with Crippen molar-refractivity contribution in [1.82, 2.24) is 4.90 Å². The van der Waals surface area contributed by atoms with Crippen molar-refractivity contribution in [3.05, 3.63) is 29.8 Å². The van der Waals surface area contributed by atoms with Crippen molar-refractivity contribution in [2.75, 3.05) is 38.7 Å². The quantitative estimate of drug-likeness (QED) is 0.805. The lowest BCUT2D eigenvalue weighted by Crippen LogP contribution is -2.39. The molecule has 0 saturated carbocycles. The van der Waals surface area contributed by atoms with Gasteiger partial charge in [0.25, 0.3) is 0 Å². The lowest BCUT2D eigenvalue weighted by molar-refractivity contribution is 0.202. The molecule has 1 N–H and O–H groups in total. The van der Waals surface area contributed by atoms with Crippen LogP contribution in [0, 0.1) is 12.3 Å². The first-order valence-corrected chi connectivity index (χ1v) is 7.32. The first-order valence-electron chi connectivity index (χ1n) is 7.32. The number of terminal acetylenes is 1. The maximum absolute atomic E-state index is 5.36. The minimum absolute atomic E-state index is 0.549. The molecule has 1 aliphatic rings. The predicted octanol–water partition coefficient (Wildman–Crippen LogP) is 2.39. The second-order valence-electron chi connectivity index (χ2n) is 5.30. The number of hydrogen-bond donors (Lipinski definition) is 1. The molecule has 108 valence electrons. The van der Waals surface area contributed by atoms with E-state index < -0.39 is 0 Å². The van der Waals surface area contributed by atoms with Gasteiger partial charge in [-0.3, -0.25) is 4.90 Å². The van der Waals surface area contributed by atoms with E-state index in [2.05, 4.69) is 40.4 Å². The zero-order chi connectivity index (χ0) is 14.2. The number of anilines is 1. The number of nitrogens with one attached hydrogen (secondary N) is 1. The monoisotopic (exact) mass is 272 g/mol. The van der Waals surface area contributed by atoms with Gasteiger partial charge in [0.1, 0.15) is 0 Å². The van der Waals surface area contributed by atoms with Crippen molar-refractivity contribution in [2.24, 2.45) is 0 Å². The molecule has 0 bridgehead atoms. The molecule has 1 aliphatic heterocycles. The van der Waals surface area contributed by atoms with Gasteiger partial charge < -0.3 is 10.1 Å². The molecule has 3 heteroatoms. The summed E-state index contributed by atoms with van der Waals surface area (Å²) in [5, 5.41) is 3.69. The van der Waals surface area contributed by atoms with Crippen LogP contribution in [-0.4, -0.2) is 44.3 Å². The molecule has 0 radical (unpaired) electrons. The van der Waals surface area contributed by atoms with Gasteiger partial charge in [0.05, 0.1) is 13.2 Å². The Bertz CT molecular complexity index is 445. The third-order valence-corrected chi connectivity index (χ3v) is 3.85. The Kier molecular flexibility index (Phi) is 5.91. The summed E-state index contributed by atoms with van der Waals surface area (Å²) in [6.45, 7) is 3.71. The summed E-state index contributed by atoms with van der Waals surface area (Å²) >= 11 is 0.